The number of rotatable bonds is 13. The van der Waals surface area contributed by atoms with Gasteiger partial charge in [0.25, 0.3) is 10.0 Å². The third-order valence-electron chi connectivity index (χ3n) is 8.10. The molecule has 0 aliphatic heterocycles. The summed E-state index contributed by atoms with van der Waals surface area (Å²) in [6.07, 6.45) is 0.966. The van der Waals surface area contributed by atoms with E-state index in [1.807, 2.05) is 82.3 Å². The average Bonchev–Trinajstić information content (AvgIpc) is 3.03. The molecule has 0 aliphatic carbocycles. The summed E-state index contributed by atoms with van der Waals surface area (Å²) in [5, 5.41) is 3.44. The third kappa shape index (κ3) is 8.56. The summed E-state index contributed by atoms with van der Waals surface area (Å²) in [6.45, 7) is 9.03. The minimum Gasteiger partial charge on any atom is -0.352 e. The molecule has 2 atom stereocenters. The first-order valence-electron chi connectivity index (χ1n) is 15.4. The topological polar surface area (TPSA) is 86.8 Å². The van der Waals surface area contributed by atoms with Gasteiger partial charge in [-0.05, 0) is 75.1 Å². The zero-order chi connectivity index (χ0) is 33.4. The van der Waals surface area contributed by atoms with Crippen molar-refractivity contribution < 1.29 is 18.0 Å². The first-order valence-corrected chi connectivity index (χ1v) is 17.3. The molecular weight excluding hydrogens is 618 g/mol. The van der Waals surface area contributed by atoms with Crippen molar-refractivity contribution in [2.24, 2.45) is 0 Å². The van der Waals surface area contributed by atoms with Crippen molar-refractivity contribution in [1.29, 1.82) is 0 Å². The molecule has 242 valence electrons. The molecule has 0 saturated heterocycles. The van der Waals surface area contributed by atoms with Gasteiger partial charge in [-0.15, -0.1) is 0 Å². The molecule has 1 N–H and O–H groups in total. The number of benzene rings is 4. The van der Waals surface area contributed by atoms with Crippen LogP contribution in [0.15, 0.2) is 102 Å². The summed E-state index contributed by atoms with van der Waals surface area (Å²) >= 11 is 6.47. The van der Waals surface area contributed by atoms with Gasteiger partial charge in [-0.3, -0.25) is 13.9 Å². The van der Waals surface area contributed by atoms with Crippen LogP contribution in [-0.4, -0.2) is 43.8 Å². The fraction of sp³-hybridized carbons (Fsp3) is 0.297. The molecule has 0 aromatic heterocycles. The Bertz CT molecular complexity index is 1760. The van der Waals surface area contributed by atoms with Crippen LogP contribution in [0.1, 0.15) is 48.1 Å². The van der Waals surface area contributed by atoms with E-state index in [9.17, 15) is 18.0 Å². The van der Waals surface area contributed by atoms with Gasteiger partial charge in [-0.2, -0.15) is 0 Å². The van der Waals surface area contributed by atoms with Gasteiger partial charge in [0.15, 0.2) is 0 Å². The number of sulfonamides is 1. The predicted octanol–water partition coefficient (Wildman–Crippen LogP) is 7.02. The Balaban J connectivity index is 1.84. The van der Waals surface area contributed by atoms with E-state index in [0.717, 1.165) is 26.6 Å². The van der Waals surface area contributed by atoms with Crippen molar-refractivity contribution in [3.05, 3.63) is 130 Å². The minimum absolute atomic E-state index is 0.0471. The van der Waals surface area contributed by atoms with E-state index < -0.39 is 28.5 Å². The average molecular weight is 660 g/mol. The maximum atomic E-state index is 14.6. The maximum absolute atomic E-state index is 14.6. The predicted molar refractivity (Wildman–Crippen MR) is 185 cm³/mol. The SMILES string of the molecule is CC[C@H](C)NC(=O)[C@H](Cc1ccccc1)N(Cc1cccc(C)c1)C(=O)CN(c1cccc(Cl)c1C)S(=O)(=O)c1ccc(C)cc1. The standard InChI is InChI=1S/C37H42ClN3O4S/c1-6-28(4)39-37(43)35(23-30-13-8-7-9-14-30)40(24-31-15-10-12-27(3)22-31)36(42)25-41(34-17-11-16-33(38)29(34)5)46(44,45)32-20-18-26(2)19-21-32/h7-22,28,35H,6,23-25H2,1-5H3,(H,39,43)/t28-,35-/m0/s1. The monoisotopic (exact) mass is 659 g/mol. The van der Waals surface area contributed by atoms with Crippen molar-refractivity contribution in [1.82, 2.24) is 10.2 Å². The fourth-order valence-electron chi connectivity index (χ4n) is 5.22. The van der Waals surface area contributed by atoms with Crippen LogP contribution in [-0.2, 0) is 32.6 Å². The van der Waals surface area contributed by atoms with Crippen molar-refractivity contribution in [3.63, 3.8) is 0 Å². The number of aryl methyl sites for hydroxylation is 2. The first kappa shape index (κ1) is 34.7. The second-order valence-corrected chi connectivity index (χ2v) is 14.0. The van der Waals surface area contributed by atoms with E-state index in [2.05, 4.69) is 5.32 Å². The molecule has 0 spiro atoms. The van der Waals surface area contributed by atoms with Crippen molar-refractivity contribution in [3.8, 4) is 0 Å². The van der Waals surface area contributed by atoms with E-state index in [0.29, 0.717) is 22.7 Å². The lowest BCUT2D eigenvalue weighted by molar-refractivity contribution is -0.140. The summed E-state index contributed by atoms with van der Waals surface area (Å²) in [5.74, 6) is -0.817. The van der Waals surface area contributed by atoms with Gasteiger partial charge in [0.1, 0.15) is 12.6 Å². The minimum atomic E-state index is -4.22. The molecule has 0 aliphatic rings. The highest BCUT2D eigenvalue weighted by Gasteiger charge is 2.35. The Kier molecular flexibility index (Phi) is 11.7. The summed E-state index contributed by atoms with van der Waals surface area (Å²) in [6, 6.07) is 27.7. The van der Waals surface area contributed by atoms with Gasteiger partial charge >= 0.3 is 0 Å². The van der Waals surface area contributed by atoms with Crippen LogP contribution in [0.2, 0.25) is 5.02 Å². The van der Waals surface area contributed by atoms with Gasteiger partial charge < -0.3 is 10.2 Å². The van der Waals surface area contributed by atoms with Crippen molar-refractivity contribution in [2.45, 2.75) is 71.0 Å². The van der Waals surface area contributed by atoms with Gasteiger partial charge in [0.2, 0.25) is 11.8 Å². The van der Waals surface area contributed by atoms with E-state index in [4.69, 9.17) is 11.6 Å². The fourth-order valence-corrected chi connectivity index (χ4v) is 6.86. The van der Waals surface area contributed by atoms with Crippen molar-refractivity contribution in [2.75, 3.05) is 10.8 Å². The number of hydrogen-bond acceptors (Lipinski definition) is 4. The van der Waals surface area contributed by atoms with Crippen LogP contribution in [0, 0.1) is 20.8 Å². The number of amides is 2. The molecule has 0 saturated carbocycles. The second-order valence-electron chi connectivity index (χ2n) is 11.7. The zero-order valence-corrected chi connectivity index (χ0v) is 28.6. The molecule has 7 nitrogen and oxygen atoms in total. The summed E-state index contributed by atoms with van der Waals surface area (Å²) in [5.41, 5.74) is 4.43. The molecule has 2 amide bonds. The number of nitrogens with zero attached hydrogens (tertiary/aromatic N) is 2. The maximum Gasteiger partial charge on any atom is 0.264 e. The Morgan fingerprint density at radius 3 is 2.13 bits per heavy atom. The molecule has 4 aromatic rings. The van der Waals surface area contributed by atoms with E-state index in [1.165, 1.54) is 17.0 Å². The number of anilines is 1. The molecule has 0 radical (unpaired) electrons. The van der Waals surface area contributed by atoms with Gasteiger partial charge in [-0.1, -0.05) is 102 Å². The molecule has 0 unspecified atom stereocenters. The van der Waals surface area contributed by atoms with E-state index in [1.54, 1.807) is 37.3 Å². The normalized spacial score (nSPS) is 12.7. The van der Waals surface area contributed by atoms with Gasteiger partial charge in [0.05, 0.1) is 10.6 Å². The first-order chi connectivity index (χ1) is 21.9. The van der Waals surface area contributed by atoms with E-state index >= 15 is 0 Å². The van der Waals surface area contributed by atoms with Gasteiger partial charge in [0, 0.05) is 24.0 Å². The molecule has 46 heavy (non-hydrogen) atoms. The van der Waals surface area contributed by atoms with Crippen LogP contribution in [0.5, 0.6) is 0 Å². The summed E-state index contributed by atoms with van der Waals surface area (Å²) < 4.78 is 29.7. The second kappa shape index (κ2) is 15.4. The Hall–Kier alpha value is -4.14. The number of carbonyl (C=O) groups is 2. The Labute approximate surface area is 278 Å². The molecular formula is C37H42ClN3O4S. The Morgan fingerprint density at radius 2 is 1.48 bits per heavy atom. The lowest BCUT2D eigenvalue weighted by Crippen LogP contribution is -2.54. The van der Waals surface area contributed by atoms with Crippen LogP contribution in [0.4, 0.5) is 5.69 Å². The lowest BCUT2D eigenvalue weighted by atomic mass is 10.0. The largest absolute Gasteiger partial charge is 0.352 e. The van der Waals surface area contributed by atoms with Crippen LogP contribution >= 0.6 is 11.6 Å². The van der Waals surface area contributed by atoms with Crippen LogP contribution in [0.25, 0.3) is 0 Å². The lowest BCUT2D eigenvalue weighted by Gasteiger charge is -2.34. The van der Waals surface area contributed by atoms with Crippen molar-refractivity contribution >= 4 is 39.1 Å². The number of nitrogens with one attached hydrogen (secondary N) is 1. The highest BCUT2D eigenvalue weighted by molar-refractivity contribution is 7.92. The molecule has 9 heteroatoms. The number of carbonyl (C=O) groups excluding carboxylic acids is 2. The smallest absolute Gasteiger partial charge is 0.264 e. The molecule has 4 rings (SSSR count). The van der Waals surface area contributed by atoms with Crippen LogP contribution < -0.4 is 9.62 Å². The Morgan fingerprint density at radius 1 is 0.826 bits per heavy atom. The molecule has 4 aromatic carbocycles. The van der Waals surface area contributed by atoms with E-state index in [-0.39, 0.29) is 29.8 Å². The molecule has 0 bridgehead atoms. The highest BCUT2D eigenvalue weighted by Crippen LogP contribution is 2.31. The summed E-state index contributed by atoms with van der Waals surface area (Å²) in [4.78, 5) is 30.2. The van der Waals surface area contributed by atoms with Crippen LogP contribution in [0.3, 0.4) is 0 Å². The van der Waals surface area contributed by atoms with Gasteiger partial charge in [-0.25, -0.2) is 8.42 Å². The third-order valence-corrected chi connectivity index (χ3v) is 10.3. The quantitative estimate of drug-likeness (QED) is 0.167. The molecule has 0 heterocycles. The molecule has 0 fully saturated rings. The highest BCUT2D eigenvalue weighted by atomic mass is 35.5. The number of hydrogen-bond donors (Lipinski definition) is 1. The number of halogens is 1. The summed E-state index contributed by atoms with van der Waals surface area (Å²) in [7, 11) is -4.22. The zero-order valence-electron chi connectivity index (χ0n) is 27.0.